The molecular weight excluding hydrogens is 1040 g/mol. The van der Waals surface area contributed by atoms with Crippen LogP contribution >= 0.6 is 24.1 Å². The largest absolute Gasteiger partial charge is 0.508 e. The van der Waals surface area contributed by atoms with Crippen LogP contribution in [-0.4, -0.2) is 68.6 Å². The lowest BCUT2D eigenvalue weighted by atomic mass is 10.0. The SMILES string of the molecule is C=CS(=O)(=O)c1cc(N=Nc2c(SOOO)cc3cc(S(=O)(=O)O)c(NNc4ccc(S(=O)(=O)Nc5ccc(N=Nc6ccc(O)cc6O)cc5)cc4)c(O)c3c2N)c(S(=O)(=O)O)cc1SOOO. The van der Waals surface area contributed by atoms with Gasteiger partial charge in [0.25, 0.3) is 30.3 Å². The van der Waals surface area contributed by atoms with Crippen molar-refractivity contribution >= 4 is 120 Å². The topological polar surface area (TPSA) is 427 Å². The normalized spacial score (nSPS) is 12.5. The van der Waals surface area contributed by atoms with Gasteiger partial charge in [0.15, 0.2) is 5.75 Å². The Morgan fingerprint density at radius 2 is 1.25 bits per heavy atom. The van der Waals surface area contributed by atoms with Crippen LogP contribution in [-0.2, 0) is 58.8 Å². The van der Waals surface area contributed by atoms with Crippen LogP contribution in [0.4, 0.5) is 45.5 Å². The Labute approximate surface area is 397 Å². The number of nitrogens with two attached hydrogens (primary N) is 1. The molecule has 6 aromatic rings. The van der Waals surface area contributed by atoms with Gasteiger partial charge >= 0.3 is 0 Å². The van der Waals surface area contributed by atoms with Gasteiger partial charge in [0.05, 0.1) is 66.1 Å². The number of hydrogen-bond donors (Lipinski definition) is 11. The lowest BCUT2D eigenvalue weighted by Crippen LogP contribution is -2.14. The minimum absolute atomic E-state index is 0.00502. The number of sulfone groups is 1. The zero-order valence-corrected chi connectivity index (χ0v) is 38.7. The molecule has 0 saturated carbocycles. The zero-order valence-electron chi connectivity index (χ0n) is 33.8. The number of benzene rings is 6. The van der Waals surface area contributed by atoms with E-state index in [1.54, 1.807) is 0 Å². The molecule has 6 aromatic carbocycles. The number of aromatic hydroxyl groups is 3. The first kappa shape index (κ1) is 51.7. The number of nitrogen functional groups attached to an aromatic ring is 1. The van der Waals surface area contributed by atoms with Crippen LogP contribution in [0.5, 0.6) is 17.2 Å². The van der Waals surface area contributed by atoms with Crippen LogP contribution in [0.2, 0.25) is 0 Å². The van der Waals surface area contributed by atoms with Gasteiger partial charge in [-0.1, -0.05) is 16.7 Å². The first-order valence-electron chi connectivity index (χ1n) is 18.0. The third-order valence-electron chi connectivity index (χ3n) is 8.86. The minimum Gasteiger partial charge on any atom is -0.508 e. The molecule has 0 fully saturated rings. The smallest absolute Gasteiger partial charge is 0.296 e. The molecular formula is C36H30N8O19S6. The molecule has 0 heterocycles. The van der Waals surface area contributed by atoms with Gasteiger partial charge in [-0.3, -0.25) is 19.3 Å². The fraction of sp³-hybridized carbons (Fsp3) is 0. The Balaban J connectivity index is 1.32. The molecule has 364 valence electrons. The highest BCUT2D eigenvalue weighted by molar-refractivity contribution is 7.97. The Morgan fingerprint density at radius 3 is 1.84 bits per heavy atom. The van der Waals surface area contributed by atoms with Crippen LogP contribution in [0.15, 0.2) is 153 Å². The predicted molar refractivity (Wildman–Crippen MR) is 244 cm³/mol. The average Bonchev–Trinajstić information content (AvgIpc) is 3.29. The van der Waals surface area contributed by atoms with E-state index < -0.39 is 93.6 Å². The number of hydrogen-bond acceptors (Lipinski definition) is 26. The van der Waals surface area contributed by atoms with Crippen molar-refractivity contribution < 1.29 is 87.4 Å². The van der Waals surface area contributed by atoms with E-state index in [9.17, 15) is 58.1 Å². The third kappa shape index (κ3) is 12.1. The Hall–Kier alpha value is -6.70. The van der Waals surface area contributed by atoms with Gasteiger partial charge in [0.2, 0.25) is 9.84 Å². The summed E-state index contributed by atoms with van der Waals surface area (Å²) in [5, 5.41) is 70.7. The summed E-state index contributed by atoms with van der Waals surface area (Å²) in [5.41, 5.74) is 9.18. The molecule has 27 nitrogen and oxygen atoms in total. The molecule has 0 atom stereocenters. The van der Waals surface area contributed by atoms with E-state index in [0.717, 1.165) is 30.3 Å². The summed E-state index contributed by atoms with van der Waals surface area (Å²) in [4.78, 5) is -3.91. The van der Waals surface area contributed by atoms with Crippen molar-refractivity contribution in [3.05, 3.63) is 103 Å². The van der Waals surface area contributed by atoms with E-state index in [1.807, 2.05) is 0 Å². The van der Waals surface area contributed by atoms with Crippen molar-refractivity contribution in [1.29, 1.82) is 0 Å². The van der Waals surface area contributed by atoms with Crippen molar-refractivity contribution in [2.24, 2.45) is 20.5 Å². The molecule has 0 bridgehead atoms. The number of phenolic OH excluding ortho intramolecular Hbond substituents is 3. The van der Waals surface area contributed by atoms with E-state index in [4.69, 9.17) is 16.2 Å². The molecule has 69 heavy (non-hydrogen) atoms. The summed E-state index contributed by atoms with van der Waals surface area (Å²) in [7, 11) is -19.2. The minimum atomic E-state index is -5.26. The summed E-state index contributed by atoms with van der Waals surface area (Å²) < 4.78 is 134. The molecule has 0 radical (unpaired) electrons. The monoisotopic (exact) mass is 1070 g/mol. The highest BCUT2D eigenvalue weighted by Gasteiger charge is 2.28. The summed E-state index contributed by atoms with van der Waals surface area (Å²) in [6, 6.07) is 17.2. The number of hydrazine groups is 1. The standard InChI is InChI=1S/C36H30N8O19S6/c1-2-66(50,51)30-16-25(29(68(54,55)56)17-27(30)64-62-60-48)41-42-34-28(65-63-61-49)13-18-14-31(69(57,58)59)35(36(47)32(18)33(34)37)43-39-20-7-10-23(11-8-20)67(52,53)44-21-5-3-19(4-6-21)38-40-24-12-9-22(45)15-26(24)46/h2-17,39,43-49H,1,37H2,(H,54,55,56)(H,57,58,59). The second kappa shape index (κ2) is 20.9. The maximum absolute atomic E-state index is 13.2. The van der Waals surface area contributed by atoms with Crippen molar-refractivity contribution in [3.63, 3.8) is 0 Å². The van der Waals surface area contributed by atoms with Gasteiger partial charge in [0, 0.05) is 17.2 Å². The van der Waals surface area contributed by atoms with E-state index in [1.165, 1.54) is 48.5 Å². The third-order valence-corrected chi connectivity index (χ3v) is 14.8. The van der Waals surface area contributed by atoms with Crippen molar-refractivity contribution in [2.45, 2.75) is 29.4 Å². The molecule has 6 rings (SSSR count). The van der Waals surface area contributed by atoms with Gasteiger partial charge in [-0.2, -0.15) is 21.9 Å². The lowest BCUT2D eigenvalue weighted by molar-refractivity contribution is -0.432. The van der Waals surface area contributed by atoms with Crippen molar-refractivity contribution in [2.75, 3.05) is 21.3 Å². The van der Waals surface area contributed by atoms with Gasteiger partial charge < -0.3 is 26.5 Å². The summed E-state index contributed by atoms with van der Waals surface area (Å²) in [6.07, 6.45) is 0. The van der Waals surface area contributed by atoms with E-state index in [-0.39, 0.29) is 67.8 Å². The Kier molecular flexibility index (Phi) is 15.6. The van der Waals surface area contributed by atoms with Crippen LogP contribution < -0.4 is 21.3 Å². The lowest BCUT2D eigenvalue weighted by Gasteiger charge is -2.18. The number of azo groups is 2. The van der Waals surface area contributed by atoms with E-state index in [0.29, 0.717) is 23.2 Å². The van der Waals surface area contributed by atoms with E-state index >= 15 is 0 Å². The van der Waals surface area contributed by atoms with Gasteiger partial charge in [0.1, 0.15) is 44.0 Å². The molecule has 12 N–H and O–H groups in total. The number of nitrogens with zero attached hydrogens (tertiary/aromatic N) is 4. The predicted octanol–water partition coefficient (Wildman–Crippen LogP) is 7.88. The summed E-state index contributed by atoms with van der Waals surface area (Å²) in [6.45, 7) is 3.18. The van der Waals surface area contributed by atoms with Crippen molar-refractivity contribution in [1.82, 2.24) is 0 Å². The Bertz CT molecular complexity index is 3490. The molecule has 0 aliphatic heterocycles. The molecule has 0 aromatic heterocycles. The average molecular weight is 1070 g/mol. The number of anilines is 4. The highest BCUT2D eigenvalue weighted by atomic mass is 32.2. The fourth-order valence-electron chi connectivity index (χ4n) is 5.78. The first-order chi connectivity index (χ1) is 32.5. The molecule has 0 saturated heterocycles. The van der Waals surface area contributed by atoms with E-state index in [2.05, 4.69) is 61.4 Å². The molecule has 0 aliphatic carbocycles. The van der Waals surface area contributed by atoms with Crippen molar-refractivity contribution in [3.8, 4) is 17.2 Å². The molecule has 33 heteroatoms. The fourth-order valence-corrected chi connectivity index (χ4v) is 10.4. The number of rotatable bonds is 20. The number of fused-ring (bicyclic) bond motifs is 1. The van der Waals surface area contributed by atoms with Crippen LogP contribution in [0, 0.1) is 0 Å². The molecule has 0 amide bonds. The van der Waals surface area contributed by atoms with Crippen LogP contribution in [0.3, 0.4) is 0 Å². The van der Waals surface area contributed by atoms with Crippen LogP contribution in [0.25, 0.3) is 10.8 Å². The van der Waals surface area contributed by atoms with Gasteiger partial charge in [-0.05, 0) is 90.3 Å². The highest BCUT2D eigenvalue weighted by Crippen LogP contribution is 2.49. The maximum Gasteiger partial charge on any atom is 0.296 e. The zero-order chi connectivity index (χ0) is 50.5. The number of phenols is 3. The second-order valence-corrected chi connectivity index (χ2v) is 21.0. The first-order valence-corrected chi connectivity index (χ1v) is 25.4. The Morgan fingerprint density at radius 1 is 0.638 bits per heavy atom. The van der Waals surface area contributed by atoms with Gasteiger partial charge in [-0.15, -0.1) is 24.0 Å². The summed E-state index contributed by atoms with van der Waals surface area (Å²) >= 11 is 0.156. The van der Waals surface area contributed by atoms with Crippen LogP contribution in [0.1, 0.15) is 0 Å². The molecule has 0 aliphatic rings. The molecule has 0 spiro atoms. The summed E-state index contributed by atoms with van der Waals surface area (Å²) in [5.74, 6) is -1.48. The second-order valence-electron chi connectivity index (χ2n) is 13.2. The quantitative estimate of drug-likeness (QED) is 0.00658. The van der Waals surface area contributed by atoms with Gasteiger partial charge in [-0.25, -0.2) is 27.4 Å². The maximum atomic E-state index is 13.2. The number of nitrogens with one attached hydrogen (secondary N) is 3. The molecule has 0 unspecified atom stereocenters. The number of sulfonamides is 1.